The monoisotopic (exact) mass is 690 g/mol. The van der Waals surface area contributed by atoms with E-state index in [4.69, 9.17) is 14.5 Å². The second-order valence-electron chi connectivity index (χ2n) is 11.8. The number of nitrogens with zero attached hydrogens (tertiary/aromatic N) is 4. The van der Waals surface area contributed by atoms with Crippen LogP contribution in [0.2, 0.25) is 0 Å². The van der Waals surface area contributed by atoms with Crippen molar-refractivity contribution in [1.82, 2.24) is 25.1 Å². The molecular formula is C34H35FN6O7S. The first-order valence-electron chi connectivity index (χ1n) is 15.8. The quantitative estimate of drug-likeness (QED) is 0.208. The number of amides is 3. The molecule has 4 heterocycles. The van der Waals surface area contributed by atoms with Crippen molar-refractivity contribution in [2.24, 2.45) is 0 Å². The third-order valence-electron chi connectivity index (χ3n) is 7.94. The van der Waals surface area contributed by atoms with Crippen molar-refractivity contribution in [1.29, 1.82) is 0 Å². The van der Waals surface area contributed by atoms with Crippen molar-refractivity contribution in [3.63, 3.8) is 0 Å². The maximum atomic E-state index is 14.8. The van der Waals surface area contributed by atoms with Gasteiger partial charge in [0, 0.05) is 75.4 Å². The third kappa shape index (κ3) is 9.27. The second kappa shape index (κ2) is 15.4. The van der Waals surface area contributed by atoms with Gasteiger partial charge in [0.1, 0.15) is 6.61 Å². The highest BCUT2D eigenvalue weighted by Gasteiger charge is 2.24. The maximum absolute atomic E-state index is 14.8. The Morgan fingerprint density at radius 3 is 2.51 bits per heavy atom. The summed E-state index contributed by atoms with van der Waals surface area (Å²) in [5.41, 5.74) is 3.84. The van der Waals surface area contributed by atoms with Crippen LogP contribution in [0.25, 0.3) is 20.8 Å². The normalized spacial score (nSPS) is 14.7. The van der Waals surface area contributed by atoms with E-state index in [2.05, 4.69) is 25.3 Å². The number of esters is 2. The van der Waals surface area contributed by atoms with Gasteiger partial charge in [-0.1, -0.05) is 6.07 Å². The minimum absolute atomic E-state index is 0.0821. The Bertz CT molecular complexity index is 1840. The number of ether oxygens (including phenoxy) is 3. The number of benzene rings is 1. The minimum atomic E-state index is -0.764. The molecule has 0 atom stereocenters. The van der Waals surface area contributed by atoms with Gasteiger partial charge in [-0.25, -0.2) is 14.0 Å². The predicted molar refractivity (Wildman–Crippen MR) is 178 cm³/mol. The fourth-order valence-electron chi connectivity index (χ4n) is 5.17. The van der Waals surface area contributed by atoms with Crippen LogP contribution in [0.15, 0.2) is 54.9 Å². The molecule has 1 aliphatic carbocycles. The van der Waals surface area contributed by atoms with Gasteiger partial charge in [0.2, 0.25) is 0 Å². The molecule has 0 unspecified atom stereocenters. The first kappa shape index (κ1) is 33.7. The van der Waals surface area contributed by atoms with E-state index >= 15 is 0 Å². The molecule has 1 aromatic carbocycles. The molecule has 13 nitrogen and oxygen atoms in total. The number of rotatable bonds is 12. The lowest BCUT2D eigenvalue weighted by atomic mass is 10.2. The number of thiophene rings is 1. The number of hydrogen-bond donors (Lipinski definition) is 2. The second-order valence-corrected chi connectivity index (χ2v) is 12.8. The lowest BCUT2D eigenvalue weighted by Crippen LogP contribution is -2.49. The number of fused-ring (bicyclic) bond motifs is 1. The Morgan fingerprint density at radius 2 is 1.80 bits per heavy atom. The minimum Gasteiger partial charge on any atom is -0.486 e. The van der Waals surface area contributed by atoms with E-state index in [1.54, 1.807) is 17.2 Å². The van der Waals surface area contributed by atoms with Gasteiger partial charge in [-0.3, -0.25) is 24.5 Å². The number of piperazine rings is 1. The van der Waals surface area contributed by atoms with Crippen molar-refractivity contribution in [3.05, 3.63) is 71.8 Å². The van der Waals surface area contributed by atoms with E-state index < -0.39 is 24.4 Å². The SMILES string of the molecule is CC(=O)OCC(=O)OCC(=O)N1CCN(Cc2ccc(-c3cc4nccc(COc5ccc(NC(=O)NC6CC6)cc5F)c4s3)nc2)CC1. The number of nitrogens with one attached hydrogen (secondary N) is 2. The van der Waals surface area contributed by atoms with Gasteiger partial charge in [-0.2, -0.15) is 0 Å². The Balaban J connectivity index is 0.994. The summed E-state index contributed by atoms with van der Waals surface area (Å²) >= 11 is 1.54. The summed E-state index contributed by atoms with van der Waals surface area (Å²) < 4.78 is 31.0. The average Bonchev–Trinajstić information content (AvgIpc) is 3.79. The van der Waals surface area contributed by atoms with Gasteiger partial charge in [0.15, 0.2) is 24.8 Å². The molecule has 1 aliphatic heterocycles. The molecule has 49 heavy (non-hydrogen) atoms. The molecule has 0 bridgehead atoms. The zero-order valence-corrected chi connectivity index (χ0v) is 27.6. The Hall–Kier alpha value is -5.15. The number of aromatic nitrogens is 2. The van der Waals surface area contributed by atoms with Crippen LogP contribution in [0, 0.1) is 5.82 Å². The highest BCUT2D eigenvalue weighted by molar-refractivity contribution is 7.22. The summed E-state index contributed by atoms with van der Waals surface area (Å²) in [5, 5.41) is 5.45. The number of carbonyl (C=O) groups is 4. The van der Waals surface area contributed by atoms with Crippen LogP contribution >= 0.6 is 11.3 Å². The Morgan fingerprint density at radius 1 is 0.980 bits per heavy atom. The largest absolute Gasteiger partial charge is 0.486 e. The van der Waals surface area contributed by atoms with E-state index in [0.29, 0.717) is 38.4 Å². The molecule has 1 saturated heterocycles. The first-order valence-corrected chi connectivity index (χ1v) is 16.6. The van der Waals surface area contributed by atoms with Gasteiger partial charge in [-0.05, 0) is 48.7 Å². The molecule has 2 N–H and O–H groups in total. The summed E-state index contributed by atoms with van der Waals surface area (Å²) in [6, 6.07) is 12.0. The zero-order valence-electron chi connectivity index (χ0n) is 26.8. The summed E-state index contributed by atoms with van der Waals surface area (Å²) in [5.74, 6) is -2.14. The van der Waals surface area contributed by atoms with Crippen LogP contribution in [0.4, 0.5) is 14.9 Å². The Labute approximate surface area is 285 Å². The molecule has 2 fully saturated rings. The molecule has 3 amide bonds. The molecule has 2 aliphatic rings. The van der Waals surface area contributed by atoms with Crippen LogP contribution in [0.1, 0.15) is 30.9 Å². The number of halogens is 1. The van der Waals surface area contributed by atoms with Gasteiger partial charge < -0.3 is 29.7 Å². The number of anilines is 1. The van der Waals surface area contributed by atoms with Gasteiger partial charge in [-0.15, -0.1) is 11.3 Å². The molecule has 15 heteroatoms. The van der Waals surface area contributed by atoms with Crippen LogP contribution in [0.3, 0.4) is 0 Å². The fraction of sp³-hybridized carbons (Fsp3) is 0.353. The first-order chi connectivity index (χ1) is 23.7. The standard InChI is InChI=1S/C34H35FN6O7S/c1-21(42)46-20-32(44)48-19-31(43)41-12-10-40(11-13-41)17-22-2-6-27(37-16-22)30-15-28-33(49-30)23(8-9-36-28)18-47-29-7-5-25(14-26(29)35)39-34(45)38-24-3-4-24/h2,5-9,14-16,24H,3-4,10-13,17-20H2,1H3,(H2,38,39,45). The number of pyridine rings is 2. The van der Waals surface area contributed by atoms with Gasteiger partial charge in [0.05, 0.1) is 20.8 Å². The smallest absolute Gasteiger partial charge is 0.344 e. The van der Waals surface area contributed by atoms with Crippen molar-refractivity contribution in [2.45, 2.75) is 39.0 Å². The van der Waals surface area contributed by atoms with Crippen molar-refractivity contribution in [2.75, 3.05) is 44.7 Å². The van der Waals surface area contributed by atoms with E-state index in [1.165, 1.54) is 30.4 Å². The van der Waals surface area contributed by atoms with E-state index in [0.717, 1.165) is 44.8 Å². The lowest BCUT2D eigenvalue weighted by molar-refractivity contribution is -0.161. The van der Waals surface area contributed by atoms with Crippen LogP contribution < -0.4 is 15.4 Å². The van der Waals surface area contributed by atoms with E-state index in [9.17, 15) is 23.6 Å². The molecule has 3 aromatic heterocycles. The summed E-state index contributed by atoms with van der Waals surface area (Å²) in [4.78, 5) is 60.8. The number of hydrogen-bond acceptors (Lipinski definition) is 11. The number of urea groups is 1. The topological polar surface area (TPSA) is 152 Å². The lowest BCUT2D eigenvalue weighted by Gasteiger charge is -2.34. The van der Waals surface area contributed by atoms with E-state index in [-0.39, 0.29) is 36.9 Å². The van der Waals surface area contributed by atoms with Crippen LogP contribution in [-0.2, 0) is 37.0 Å². The van der Waals surface area contributed by atoms with Crippen molar-refractivity contribution >= 4 is 51.1 Å². The van der Waals surface area contributed by atoms with Gasteiger partial charge in [0.25, 0.3) is 5.91 Å². The van der Waals surface area contributed by atoms with E-state index in [1.807, 2.05) is 30.5 Å². The molecule has 256 valence electrons. The van der Waals surface area contributed by atoms with Crippen LogP contribution in [-0.4, -0.2) is 89.1 Å². The Kier molecular flexibility index (Phi) is 10.6. The zero-order chi connectivity index (χ0) is 34.3. The molecule has 1 saturated carbocycles. The molecule has 0 spiro atoms. The van der Waals surface area contributed by atoms with Crippen molar-refractivity contribution < 1.29 is 37.8 Å². The fourth-order valence-corrected chi connectivity index (χ4v) is 6.27. The van der Waals surface area contributed by atoms with Gasteiger partial charge >= 0.3 is 18.0 Å². The summed E-state index contributed by atoms with van der Waals surface area (Å²) in [6.45, 7) is 3.41. The highest BCUT2D eigenvalue weighted by atomic mass is 32.1. The molecule has 0 radical (unpaired) electrons. The van der Waals surface area contributed by atoms with Crippen LogP contribution in [0.5, 0.6) is 5.75 Å². The maximum Gasteiger partial charge on any atom is 0.344 e. The molecular weight excluding hydrogens is 655 g/mol. The molecule has 6 rings (SSSR count). The third-order valence-corrected chi connectivity index (χ3v) is 9.16. The van der Waals surface area contributed by atoms with Crippen molar-refractivity contribution in [3.8, 4) is 16.3 Å². The average molecular weight is 691 g/mol. The highest BCUT2D eigenvalue weighted by Crippen LogP contribution is 2.34. The summed E-state index contributed by atoms with van der Waals surface area (Å²) in [6.07, 6.45) is 5.46. The molecule has 4 aromatic rings. The summed E-state index contributed by atoms with van der Waals surface area (Å²) in [7, 11) is 0. The number of carbonyl (C=O) groups excluding carboxylic acids is 4. The predicted octanol–water partition coefficient (Wildman–Crippen LogP) is 4.11.